The molecule has 0 fully saturated rings. The molecule has 0 aliphatic heterocycles. The average molecular weight is 378 g/mol. The van der Waals surface area contributed by atoms with Crippen LogP contribution in [0.25, 0.3) is 0 Å². The van der Waals surface area contributed by atoms with Crippen LogP contribution in [-0.4, -0.2) is 37.4 Å². The van der Waals surface area contributed by atoms with E-state index in [0.717, 1.165) is 5.56 Å². The first-order valence-corrected chi connectivity index (χ1v) is 7.99. The molecule has 2 amide bonds. The molecule has 0 heterocycles. The molecule has 0 saturated carbocycles. The summed E-state index contributed by atoms with van der Waals surface area (Å²) in [5.41, 5.74) is 7.57. The van der Waals surface area contributed by atoms with Crippen LogP contribution >= 0.6 is 12.4 Å². The summed E-state index contributed by atoms with van der Waals surface area (Å²) in [6.07, 6.45) is 0.175. The third kappa shape index (κ3) is 6.74. The van der Waals surface area contributed by atoms with E-state index < -0.39 is 0 Å². The van der Waals surface area contributed by atoms with Crippen molar-refractivity contribution in [3.05, 3.63) is 60.2 Å². The maximum Gasteiger partial charge on any atom is 0.259 e. The molecular weight excluding hydrogens is 354 g/mol. The number of carbonyl (C=O) groups is 2. The molecule has 1 atom stereocenters. The second-order valence-electron chi connectivity index (χ2n) is 5.87. The first-order chi connectivity index (χ1) is 12.0. The van der Waals surface area contributed by atoms with Crippen LogP contribution in [0.15, 0.2) is 54.6 Å². The highest BCUT2D eigenvalue weighted by Crippen LogP contribution is 2.19. The fourth-order valence-corrected chi connectivity index (χ4v) is 2.17. The predicted octanol–water partition coefficient (Wildman–Crippen LogP) is 2.60. The minimum atomic E-state index is -0.363. The number of hydrogen-bond acceptors (Lipinski definition) is 4. The summed E-state index contributed by atoms with van der Waals surface area (Å²) < 4.78 is 5.43. The summed E-state index contributed by atoms with van der Waals surface area (Å²) in [4.78, 5) is 25.2. The summed E-state index contributed by atoms with van der Waals surface area (Å²) in [5.74, 6) is 0.196. The van der Waals surface area contributed by atoms with E-state index in [4.69, 9.17) is 10.5 Å². The molecule has 7 heteroatoms. The van der Waals surface area contributed by atoms with Gasteiger partial charge in [0.2, 0.25) is 5.91 Å². The molecule has 26 heavy (non-hydrogen) atoms. The third-order valence-corrected chi connectivity index (χ3v) is 3.61. The van der Waals surface area contributed by atoms with Crippen molar-refractivity contribution < 1.29 is 14.3 Å². The van der Waals surface area contributed by atoms with E-state index in [2.05, 4.69) is 5.32 Å². The molecule has 0 radical (unpaired) electrons. The highest BCUT2D eigenvalue weighted by Gasteiger charge is 2.12. The normalized spacial score (nSPS) is 11.0. The van der Waals surface area contributed by atoms with Gasteiger partial charge in [-0.05, 0) is 17.7 Å². The van der Waals surface area contributed by atoms with E-state index in [1.165, 1.54) is 4.90 Å². The maximum absolute atomic E-state index is 12.2. The Balaban J connectivity index is 0.00000338. The zero-order chi connectivity index (χ0) is 18.2. The van der Waals surface area contributed by atoms with E-state index in [-0.39, 0.29) is 43.3 Å². The van der Waals surface area contributed by atoms with Crippen molar-refractivity contribution in [3.63, 3.8) is 0 Å². The Morgan fingerprint density at radius 3 is 2.46 bits per heavy atom. The average Bonchev–Trinajstić information content (AvgIpc) is 2.60. The first-order valence-electron chi connectivity index (χ1n) is 7.99. The van der Waals surface area contributed by atoms with E-state index in [1.54, 1.807) is 38.4 Å². The zero-order valence-electron chi connectivity index (χ0n) is 14.8. The molecule has 0 spiro atoms. The van der Waals surface area contributed by atoms with Gasteiger partial charge >= 0.3 is 0 Å². The number of amides is 2. The van der Waals surface area contributed by atoms with Gasteiger partial charge in [-0.2, -0.15) is 0 Å². The van der Waals surface area contributed by atoms with Crippen molar-refractivity contribution in [3.8, 4) is 5.75 Å². The molecule has 0 saturated heterocycles. The monoisotopic (exact) mass is 377 g/mol. The van der Waals surface area contributed by atoms with Crippen molar-refractivity contribution in [1.82, 2.24) is 4.90 Å². The van der Waals surface area contributed by atoms with Gasteiger partial charge in [-0.15, -0.1) is 12.4 Å². The maximum atomic E-state index is 12.2. The van der Waals surface area contributed by atoms with Crippen LogP contribution in [0.1, 0.15) is 18.0 Å². The summed E-state index contributed by atoms with van der Waals surface area (Å²) in [5, 5.41) is 2.80. The second kappa shape index (κ2) is 10.4. The van der Waals surface area contributed by atoms with Gasteiger partial charge in [0, 0.05) is 38.3 Å². The fourth-order valence-electron chi connectivity index (χ4n) is 2.17. The van der Waals surface area contributed by atoms with Gasteiger partial charge in [0.1, 0.15) is 5.75 Å². The molecule has 0 aromatic heterocycles. The van der Waals surface area contributed by atoms with Crippen LogP contribution in [0.2, 0.25) is 0 Å². The van der Waals surface area contributed by atoms with Gasteiger partial charge in [-0.3, -0.25) is 9.59 Å². The smallest absolute Gasteiger partial charge is 0.259 e. The lowest BCUT2D eigenvalue weighted by Gasteiger charge is -2.14. The standard InChI is InChI=1S/C19H23N3O3.ClH/c1-22(2)19(24)13-25-16-10-6-9-15(11-16)21-18(23)12-17(20)14-7-4-3-5-8-14;/h3-11,17H,12-13,20H2,1-2H3,(H,21,23);1H. The number of nitrogens with one attached hydrogen (secondary N) is 1. The van der Waals surface area contributed by atoms with E-state index in [1.807, 2.05) is 30.3 Å². The Morgan fingerprint density at radius 2 is 1.81 bits per heavy atom. The Bertz CT molecular complexity index is 723. The van der Waals surface area contributed by atoms with Crippen LogP contribution < -0.4 is 15.8 Å². The Morgan fingerprint density at radius 1 is 1.12 bits per heavy atom. The van der Waals surface area contributed by atoms with Gasteiger partial charge in [-0.25, -0.2) is 0 Å². The Hall–Kier alpha value is -2.57. The molecule has 140 valence electrons. The van der Waals surface area contributed by atoms with Crippen molar-refractivity contribution >= 4 is 29.9 Å². The predicted molar refractivity (Wildman–Crippen MR) is 104 cm³/mol. The van der Waals surface area contributed by atoms with Crippen molar-refractivity contribution in [2.45, 2.75) is 12.5 Å². The van der Waals surface area contributed by atoms with Crippen LogP contribution in [0.3, 0.4) is 0 Å². The summed E-state index contributed by atoms with van der Waals surface area (Å²) in [7, 11) is 3.33. The second-order valence-corrected chi connectivity index (χ2v) is 5.87. The lowest BCUT2D eigenvalue weighted by Crippen LogP contribution is -2.27. The van der Waals surface area contributed by atoms with E-state index in [9.17, 15) is 9.59 Å². The Labute approximate surface area is 159 Å². The van der Waals surface area contributed by atoms with Crippen LogP contribution in [0.4, 0.5) is 5.69 Å². The topological polar surface area (TPSA) is 84.7 Å². The summed E-state index contributed by atoms with van der Waals surface area (Å²) in [6, 6.07) is 16.0. The van der Waals surface area contributed by atoms with Gasteiger partial charge in [-0.1, -0.05) is 36.4 Å². The molecule has 0 aliphatic carbocycles. The number of nitrogens with zero attached hydrogens (tertiary/aromatic N) is 1. The van der Waals surface area contributed by atoms with Gasteiger partial charge in [0.25, 0.3) is 5.91 Å². The highest BCUT2D eigenvalue weighted by atomic mass is 35.5. The number of likely N-dealkylation sites (N-methyl/N-ethyl adjacent to an activating group) is 1. The molecule has 2 rings (SSSR count). The molecule has 6 nitrogen and oxygen atoms in total. The van der Waals surface area contributed by atoms with Crippen molar-refractivity contribution in [2.75, 3.05) is 26.0 Å². The largest absolute Gasteiger partial charge is 0.484 e. The highest BCUT2D eigenvalue weighted by molar-refractivity contribution is 5.91. The number of hydrogen-bond donors (Lipinski definition) is 2. The molecule has 2 aromatic rings. The Kier molecular flexibility index (Phi) is 8.61. The zero-order valence-corrected chi connectivity index (χ0v) is 15.7. The number of carbonyl (C=O) groups excluding carboxylic acids is 2. The van der Waals surface area contributed by atoms with E-state index in [0.29, 0.717) is 11.4 Å². The van der Waals surface area contributed by atoms with Crippen LogP contribution in [0, 0.1) is 0 Å². The van der Waals surface area contributed by atoms with Crippen LogP contribution in [-0.2, 0) is 9.59 Å². The number of anilines is 1. The molecule has 2 aromatic carbocycles. The van der Waals surface area contributed by atoms with E-state index >= 15 is 0 Å². The van der Waals surface area contributed by atoms with Crippen LogP contribution in [0.5, 0.6) is 5.75 Å². The van der Waals surface area contributed by atoms with Crippen molar-refractivity contribution in [2.24, 2.45) is 5.73 Å². The molecule has 3 N–H and O–H groups in total. The number of nitrogens with two attached hydrogens (primary N) is 1. The fraction of sp³-hybridized carbons (Fsp3) is 0.263. The minimum absolute atomic E-state index is 0. The number of benzene rings is 2. The SMILES string of the molecule is CN(C)C(=O)COc1cccc(NC(=O)CC(N)c2ccccc2)c1.Cl. The molecule has 1 unspecified atom stereocenters. The summed E-state index contributed by atoms with van der Waals surface area (Å²) in [6.45, 7) is -0.0523. The molecular formula is C19H24ClN3O3. The lowest BCUT2D eigenvalue weighted by atomic mass is 10.0. The molecule has 0 aliphatic rings. The number of rotatable bonds is 7. The third-order valence-electron chi connectivity index (χ3n) is 3.61. The van der Waals surface area contributed by atoms with Gasteiger partial charge < -0.3 is 20.7 Å². The number of halogens is 1. The lowest BCUT2D eigenvalue weighted by molar-refractivity contribution is -0.130. The molecule has 0 bridgehead atoms. The minimum Gasteiger partial charge on any atom is -0.484 e. The first kappa shape index (κ1) is 21.5. The quantitative estimate of drug-likeness (QED) is 0.776. The summed E-state index contributed by atoms with van der Waals surface area (Å²) >= 11 is 0. The van der Waals surface area contributed by atoms with Gasteiger partial charge in [0.05, 0.1) is 0 Å². The number of ether oxygens (including phenoxy) is 1. The van der Waals surface area contributed by atoms with Crippen molar-refractivity contribution in [1.29, 1.82) is 0 Å². The van der Waals surface area contributed by atoms with Gasteiger partial charge in [0.15, 0.2) is 6.61 Å².